The summed E-state index contributed by atoms with van der Waals surface area (Å²) in [6, 6.07) is 3.91. The molecule has 3 rings (SSSR count). The minimum absolute atomic E-state index is 0.386. The molecule has 1 fully saturated rings. The van der Waals surface area contributed by atoms with E-state index in [0.29, 0.717) is 22.8 Å². The topological polar surface area (TPSA) is 87.3 Å². The van der Waals surface area contributed by atoms with Gasteiger partial charge in [-0.15, -0.1) is 0 Å². The number of likely N-dealkylation sites (N-methyl/N-ethyl adjacent to an activating group) is 1. The molecule has 1 unspecified atom stereocenters. The van der Waals surface area contributed by atoms with Gasteiger partial charge in [-0.3, -0.25) is 4.98 Å². The maximum absolute atomic E-state index is 11.2. The lowest BCUT2D eigenvalue weighted by molar-refractivity contribution is 0.261. The van der Waals surface area contributed by atoms with Gasteiger partial charge in [0.2, 0.25) is 0 Å². The van der Waals surface area contributed by atoms with Crippen LogP contribution in [0.3, 0.4) is 0 Å². The zero-order valence-electron chi connectivity index (χ0n) is 10.9. The molecule has 0 aliphatic carbocycles. The van der Waals surface area contributed by atoms with Gasteiger partial charge < -0.3 is 20.4 Å². The Bertz CT molecular complexity index is 646. The number of oxazole rings is 1. The molecular weight excluding hydrogens is 244 g/mol. The highest BCUT2D eigenvalue weighted by molar-refractivity contribution is 5.85. The van der Waals surface area contributed by atoms with Gasteiger partial charge in [0.25, 0.3) is 0 Å². The van der Waals surface area contributed by atoms with Gasteiger partial charge in [0.05, 0.1) is 16.9 Å². The Balaban J connectivity index is 1.87. The number of nitrogens with one attached hydrogen (secondary N) is 2. The number of aromatic amines is 1. The molecule has 1 aliphatic rings. The van der Waals surface area contributed by atoms with Gasteiger partial charge in [-0.05, 0) is 32.5 Å². The Morgan fingerprint density at radius 2 is 2.37 bits per heavy atom. The second-order valence-corrected chi connectivity index (χ2v) is 5.20. The van der Waals surface area contributed by atoms with Crippen molar-refractivity contribution >= 4 is 22.5 Å². The zero-order valence-corrected chi connectivity index (χ0v) is 10.9. The quantitative estimate of drug-likeness (QED) is 0.708. The van der Waals surface area contributed by atoms with E-state index in [0.717, 1.165) is 25.2 Å². The van der Waals surface area contributed by atoms with Gasteiger partial charge in [0.15, 0.2) is 5.58 Å². The van der Waals surface area contributed by atoms with Crippen LogP contribution in [0.25, 0.3) is 11.1 Å². The summed E-state index contributed by atoms with van der Waals surface area (Å²) in [5.74, 6) is -0.455. The first-order valence-corrected chi connectivity index (χ1v) is 6.49. The molecule has 1 saturated heterocycles. The van der Waals surface area contributed by atoms with Crippen molar-refractivity contribution < 1.29 is 4.42 Å². The van der Waals surface area contributed by atoms with Crippen molar-refractivity contribution in [2.45, 2.75) is 18.9 Å². The molecule has 0 radical (unpaired) electrons. The second-order valence-electron chi connectivity index (χ2n) is 5.20. The molecule has 0 saturated carbocycles. The van der Waals surface area contributed by atoms with Crippen LogP contribution in [0.2, 0.25) is 0 Å². The smallest absolute Gasteiger partial charge is 0.408 e. The summed E-state index contributed by atoms with van der Waals surface area (Å²) in [4.78, 5) is 16.1. The normalized spacial score (nSPS) is 20.8. The van der Waals surface area contributed by atoms with E-state index in [4.69, 9.17) is 10.2 Å². The summed E-state index contributed by atoms with van der Waals surface area (Å²) in [5, 5.41) is 3.45. The molecule has 19 heavy (non-hydrogen) atoms. The van der Waals surface area contributed by atoms with Crippen molar-refractivity contribution in [1.82, 2.24) is 9.88 Å². The number of aromatic nitrogens is 1. The number of fused-ring (bicyclic) bond motifs is 1. The molecule has 6 nitrogen and oxygen atoms in total. The summed E-state index contributed by atoms with van der Waals surface area (Å²) in [7, 11) is 2.12. The van der Waals surface area contributed by atoms with Crippen molar-refractivity contribution in [2.24, 2.45) is 0 Å². The molecule has 0 spiro atoms. The largest absolute Gasteiger partial charge is 0.417 e. The number of nitrogens with zero attached hydrogens (tertiary/aromatic N) is 1. The fourth-order valence-electron chi connectivity index (χ4n) is 2.64. The Morgan fingerprint density at radius 3 is 3.16 bits per heavy atom. The van der Waals surface area contributed by atoms with Crippen molar-refractivity contribution in [3.63, 3.8) is 0 Å². The first-order valence-electron chi connectivity index (χ1n) is 6.49. The first-order chi connectivity index (χ1) is 9.11. The van der Waals surface area contributed by atoms with Crippen LogP contribution in [0.15, 0.2) is 21.3 Å². The van der Waals surface area contributed by atoms with E-state index in [-0.39, 0.29) is 0 Å². The van der Waals surface area contributed by atoms with Crippen LogP contribution in [-0.4, -0.2) is 36.1 Å². The Hall–Kier alpha value is -1.95. The highest BCUT2D eigenvalue weighted by atomic mass is 16.4. The number of hydrogen-bond donors (Lipinski definition) is 3. The predicted octanol–water partition coefficient (Wildman–Crippen LogP) is 1.21. The average molecular weight is 262 g/mol. The zero-order chi connectivity index (χ0) is 13.4. The summed E-state index contributed by atoms with van der Waals surface area (Å²) in [6.45, 7) is 2.14. The van der Waals surface area contributed by atoms with Gasteiger partial charge in [0.1, 0.15) is 0 Å². The molecule has 1 aliphatic heterocycles. The monoisotopic (exact) mass is 262 g/mol. The second kappa shape index (κ2) is 4.62. The predicted molar refractivity (Wildman–Crippen MR) is 75.4 cm³/mol. The van der Waals surface area contributed by atoms with Gasteiger partial charge >= 0.3 is 5.76 Å². The number of rotatable bonds is 2. The SMILES string of the molecule is CN1CCCC(Nc2cc3[nH]c(=O)oc3cc2N)C1. The van der Waals surface area contributed by atoms with Crippen LogP contribution in [0.4, 0.5) is 11.4 Å². The number of nitrogens with two attached hydrogens (primary N) is 1. The third-order valence-corrected chi connectivity index (χ3v) is 3.58. The van der Waals surface area contributed by atoms with Crippen LogP contribution >= 0.6 is 0 Å². The minimum atomic E-state index is -0.455. The molecule has 4 N–H and O–H groups in total. The van der Waals surface area contributed by atoms with Crippen LogP contribution in [0.1, 0.15) is 12.8 Å². The third kappa shape index (κ3) is 2.44. The first kappa shape index (κ1) is 12.1. The van der Waals surface area contributed by atoms with E-state index in [1.165, 1.54) is 6.42 Å². The van der Waals surface area contributed by atoms with Crippen molar-refractivity contribution in [2.75, 3.05) is 31.2 Å². The standard InChI is InChI=1S/C13H18N4O2/c1-17-4-2-3-8(7-17)15-10-6-11-12(5-9(10)14)19-13(18)16-11/h5-6,8,15H,2-4,7,14H2,1H3,(H,16,18). The van der Waals surface area contributed by atoms with Crippen LogP contribution < -0.4 is 16.8 Å². The third-order valence-electron chi connectivity index (χ3n) is 3.58. The average Bonchev–Trinajstić information content (AvgIpc) is 2.69. The van der Waals surface area contributed by atoms with E-state index in [1.807, 2.05) is 6.07 Å². The molecule has 1 atom stereocenters. The highest BCUT2D eigenvalue weighted by Crippen LogP contribution is 2.26. The lowest BCUT2D eigenvalue weighted by Gasteiger charge is -2.31. The molecule has 102 valence electrons. The number of likely N-dealkylation sites (tertiary alicyclic amines) is 1. The fraction of sp³-hybridized carbons (Fsp3) is 0.462. The highest BCUT2D eigenvalue weighted by Gasteiger charge is 2.18. The summed E-state index contributed by atoms with van der Waals surface area (Å²) >= 11 is 0. The van der Waals surface area contributed by atoms with Gasteiger partial charge in [-0.1, -0.05) is 0 Å². The Labute approximate surface area is 110 Å². The van der Waals surface area contributed by atoms with E-state index < -0.39 is 5.76 Å². The van der Waals surface area contributed by atoms with Gasteiger partial charge in [-0.2, -0.15) is 0 Å². The minimum Gasteiger partial charge on any atom is -0.408 e. The molecule has 2 aromatic rings. The molecule has 6 heteroatoms. The Morgan fingerprint density at radius 1 is 1.53 bits per heavy atom. The molecule has 1 aromatic carbocycles. The lowest BCUT2D eigenvalue weighted by Crippen LogP contribution is -2.39. The van der Waals surface area contributed by atoms with Gasteiger partial charge in [0, 0.05) is 18.7 Å². The number of anilines is 2. The van der Waals surface area contributed by atoms with Crippen molar-refractivity contribution in [1.29, 1.82) is 0 Å². The van der Waals surface area contributed by atoms with Crippen LogP contribution in [0.5, 0.6) is 0 Å². The fourth-order valence-corrected chi connectivity index (χ4v) is 2.64. The van der Waals surface area contributed by atoms with Crippen LogP contribution in [-0.2, 0) is 0 Å². The maximum atomic E-state index is 11.2. The molecule has 0 bridgehead atoms. The van der Waals surface area contributed by atoms with Crippen LogP contribution in [0, 0.1) is 0 Å². The number of benzene rings is 1. The molecule has 1 aromatic heterocycles. The van der Waals surface area contributed by atoms with E-state index in [9.17, 15) is 4.79 Å². The lowest BCUT2D eigenvalue weighted by atomic mass is 10.1. The van der Waals surface area contributed by atoms with E-state index >= 15 is 0 Å². The summed E-state index contributed by atoms with van der Waals surface area (Å²) in [5.41, 5.74) is 8.61. The maximum Gasteiger partial charge on any atom is 0.417 e. The number of nitrogen functional groups attached to an aromatic ring is 1. The van der Waals surface area contributed by atoms with Crippen molar-refractivity contribution in [3.8, 4) is 0 Å². The number of H-pyrrole nitrogens is 1. The summed E-state index contributed by atoms with van der Waals surface area (Å²) < 4.78 is 4.98. The van der Waals surface area contributed by atoms with Gasteiger partial charge in [-0.25, -0.2) is 4.79 Å². The number of piperidine rings is 1. The molecule has 2 heterocycles. The molecule has 0 amide bonds. The molecular formula is C13H18N4O2. The number of hydrogen-bond acceptors (Lipinski definition) is 5. The van der Waals surface area contributed by atoms with Crippen molar-refractivity contribution in [3.05, 3.63) is 22.7 Å². The van der Waals surface area contributed by atoms with E-state index in [1.54, 1.807) is 6.07 Å². The van der Waals surface area contributed by atoms with E-state index in [2.05, 4.69) is 22.2 Å². The Kier molecular flexibility index (Phi) is 2.94. The summed E-state index contributed by atoms with van der Waals surface area (Å²) in [6.07, 6.45) is 2.31.